The molecule has 0 aliphatic carbocycles. The number of nitrogens with zero attached hydrogens (tertiary/aromatic N) is 2. The van der Waals surface area contributed by atoms with Crippen molar-refractivity contribution in [3.63, 3.8) is 0 Å². The number of hydrogen-bond donors (Lipinski definition) is 1. The number of rotatable bonds is 2. The molecule has 6 nitrogen and oxygen atoms in total. The van der Waals surface area contributed by atoms with Crippen LogP contribution in [0.15, 0.2) is 9.72 Å². The second-order valence-electron chi connectivity index (χ2n) is 3.44. The Hall–Kier alpha value is -0.990. The first-order valence-electron chi connectivity index (χ1n) is 4.69. The van der Waals surface area contributed by atoms with Crippen molar-refractivity contribution >= 4 is 27.3 Å². The lowest BCUT2D eigenvalue weighted by Crippen LogP contribution is -2.49. The maximum atomic E-state index is 12.0. The highest BCUT2D eigenvalue weighted by molar-refractivity contribution is 7.91. The molecule has 1 N–H and O–H groups in total. The minimum atomic E-state index is -3.59. The number of sulfonamides is 1. The van der Waals surface area contributed by atoms with Gasteiger partial charge in [0.2, 0.25) is 10.2 Å². The predicted octanol–water partition coefficient (Wildman–Crippen LogP) is -0.428. The lowest BCUT2D eigenvalue weighted by molar-refractivity contribution is -0.122. The molecule has 0 bridgehead atoms. The summed E-state index contributed by atoms with van der Waals surface area (Å²) < 4.78 is 25.3. The molecule has 2 rings (SSSR count). The molecule has 0 unspecified atom stereocenters. The molecule has 0 aromatic carbocycles. The summed E-state index contributed by atoms with van der Waals surface area (Å²) in [6.45, 7) is 2.26. The van der Waals surface area contributed by atoms with E-state index < -0.39 is 10.0 Å². The monoisotopic (exact) mass is 261 g/mol. The SMILES string of the molecule is Cc1csc(S(=O)(=O)N2CCNC(=O)C2)n1. The summed E-state index contributed by atoms with van der Waals surface area (Å²) in [5.74, 6) is -0.275. The van der Waals surface area contributed by atoms with Gasteiger partial charge in [0.15, 0.2) is 0 Å². The number of aryl methyl sites for hydroxylation is 1. The quantitative estimate of drug-likeness (QED) is 0.783. The van der Waals surface area contributed by atoms with Gasteiger partial charge in [0.1, 0.15) is 0 Å². The molecule has 88 valence electrons. The average Bonchev–Trinajstić information content (AvgIpc) is 2.65. The molecular weight excluding hydrogens is 250 g/mol. The van der Waals surface area contributed by atoms with Gasteiger partial charge in [0.05, 0.1) is 6.54 Å². The van der Waals surface area contributed by atoms with Crippen molar-refractivity contribution in [1.29, 1.82) is 0 Å². The number of carbonyl (C=O) groups is 1. The van der Waals surface area contributed by atoms with E-state index in [1.54, 1.807) is 12.3 Å². The number of aromatic nitrogens is 1. The van der Waals surface area contributed by atoms with Gasteiger partial charge in [0, 0.05) is 24.2 Å². The largest absolute Gasteiger partial charge is 0.354 e. The van der Waals surface area contributed by atoms with Gasteiger partial charge in [-0.3, -0.25) is 4.79 Å². The van der Waals surface area contributed by atoms with Gasteiger partial charge in [-0.05, 0) is 6.92 Å². The van der Waals surface area contributed by atoms with E-state index in [-0.39, 0.29) is 16.8 Å². The maximum absolute atomic E-state index is 12.0. The molecule has 1 aliphatic heterocycles. The minimum absolute atomic E-state index is 0.0553. The van der Waals surface area contributed by atoms with Crippen LogP contribution in [0.2, 0.25) is 0 Å². The molecule has 1 aliphatic rings. The van der Waals surface area contributed by atoms with Crippen molar-refractivity contribution in [2.45, 2.75) is 11.3 Å². The first-order valence-corrected chi connectivity index (χ1v) is 7.01. The Morgan fingerprint density at radius 1 is 1.56 bits per heavy atom. The topological polar surface area (TPSA) is 79.4 Å². The van der Waals surface area contributed by atoms with Crippen LogP contribution >= 0.6 is 11.3 Å². The van der Waals surface area contributed by atoms with Crippen molar-refractivity contribution in [2.75, 3.05) is 19.6 Å². The summed E-state index contributed by atoms with van der Waals surface area (Å²) in [6.07, 6.45) is 0. The second kappa shape index (κ2) is 4.11. The van der Waals surface area contributed by atoms with E-state index in [9.17, 15) is 13.2 Å². The molecular formula is C8H11N3O3S2. The zero-order valence-corrected chi connectivity index (χ0v) is 10.3. The van der Waals surface area contributed by atoms with Crippen molar-refractivity contribution in [3.05, 3.63) is 11.1 Å². The van der Waals surface area contributed by atoms with Gasteiger partial charge >= 0.3 is 0 Å². The van der Waals surface area contributed by atoms with E-state index in [4.69, 9.17) is 0 Å². The van der Waals surface area contributed by atoms with Gasteiger partial charge in [-0.25, -0.2) is 13.4 Å². The zero-order chi connectivity index (χ0) is 11.8. The van der Waals surface area contributed by atoms with Crippen LogP contribution in [-0.2, 0) is 14.8 Å². The summed E-state index contributed by atoms with van der Waals surface area (Å²) in [6, 6.07) is 0. The van der Waals surface area contributed by atoms with E-state index in [2.05, 4.69) is 10.3 Å². The highest BCUT2D eigenvalue weighted by Gasteiger charge is 2.31. The van der Waals surface area contributed by atoms with Crippen LogP contribution in [0.5, 0.6) is 0 Å². The molecule has 0 atom stereocenters. The third kappa shape index (κ3) is 2.08. The van der Waals surface area contributed by atoms with Gasteiger partial charge < -0.3 is 5.32 Å². The maximum Gasteiger partial charge on any atom is 0.270 e. The highest BCUT2D eigenvalue weighted by atomic mass is 32.2. The average molecular weight is 261 g/mol. The number of piperazine rings is 1. The fourth-order valence-electron chi connectivity index (χ4n) is 1.38. The molecule has 0 spiro atoms. The van der Waals surface area contributed by atoms with Crippen LogP contribution < -0.4 is 5.32 Å². The number of amides is 1. The molecule has 1 amide bonds. The minimum Gasteiger partial charge on any atom is -0.354 e. The second-order valence-corrected chi connectivity index (χ2v) is 6.41. The molecule has 16 heavy (non-hydrogen) atoms. The first kappa shape index (κ1) is 11.5. The van der Waals surface area contributed by atoms with Crippen LogP contribution in [0.3, 0.4) is 0 Å². The molecule has 8 heteroatoms. The van der Waals surface area contributed by atoms with Crippen LogP contribution in [0.25, 0.3) is 0 Å². The standard InChI is InChI=1S/C8H11N3O3S2/c1-6-5-15-8(10-6)16(13,14)11-3-2-9-7(12)4-11/h5H,2-4H2,1H3,(H,9,12). The molecule has 0 radical (unpaired) electrons. The molecule has 0 saturated carbocycles. The van der Waals surface area contributed by atoms with Crippen molar-refractivity contribution in [1.82, 2.24) is 14.6 Å². The fourth-order valence-corrected chi connectivity index (χ4v) is 3.95. The van der Waals surface area contributed by atoms with Gasteiger partial charge in [-0.1, -0.05) is 0 Å². The molecule has 1 aromatic heterocycles. The van der Waals surface area contributed by atoms with Crippen LogP contribution in [-0.4, -0.2) is 43.2 Å². The van der Waals surface area contributed by atoms with E-state index in [1.807, 2.05) is 0 Å². The van der Waals surface area contributed by atoms with Crippen molar-refractivity contribution in [3.8, 4) is 0 Å². The van der Waals surface area contributed by atoms with Crippen LogP contribution in [0.4, 0.5) is 0 Å². The molecule has 1 aromatic rings. The molecule has 2 heterocycles. The van der Waals surface area contributed by atoms with Crippen molar-refractivity contribution in [2.24, 2.45) is 0 Å². The Morgan fingerprint density at radius 3 is 2.88 bits per heavy atom. The fraction of sp³-hybridized carbons (Fsp3) is 0.500. The Bertz CT molecular complexity index is 508. The summed E-state index contributed by atoms with van der Waals surface area (Å²) >= 11 is 1.08. The lowest BCUT2D eigenvalue weighted by atomic mass is 10.4. The molecule has 1 saturated heterocycles. The van der Waals surface area contributed by atoms with Gasteiger partial charge in [-0.2, -0.15) is 4.31 Å². The molecule has 1 fully saturated rings. The summed E-state index contributed by atoms with van der Waals surface area (Å²) in [5.41, 5.74) is 0.671. The van der Waals surface area contributed by atoms with E-state index in [0.29, 0.717) is 18.8 Å². The van der Waals surface area contributed by atoms with E-state index in [0.717, 1.165) is 15.6 Å². The summed E-state index contributed by atoms with van der Waals surface area (Å²) in [4.78, 5) is 15.1. The number of nitrogens with one attached hydrogen (secondary N) is 1. The lowest BCUT2D eigenvalue weighted by Gasteiger charge is -2.24. The third-order valence-electron chi connectivity index (χ3n) is 2.16. The zero-order valence-electron chi connectivity index (χ0n) is 8.63. The normalized spacial score (nSPS) is 18.4. The Balaban J connectivity index is 2.28. The third-order valence-corrected chi connectivity index (χ3v) is 5.36. The Labute approximate surface area is 97.3 Å². The van der Waals surface area contributed by atoms with Crippen LogP contribution in [0.1, 0.15) is 5.69 Å². The summed E-state index contributed by atoms with van der Waals surface area (Å²) in [5, 5.41) is 4.26. The number of carbonyl (C=O) groups excluding carboxylic acids is 1. The van der Waals surface area contributed by atoms with Gasteiger partial charge in [0.25, 0.3) is 10.0 Å². The van der Waals surface area contributed by atoms with Gasteiger partial charge in [-0.15, -0.1) is 11.3 Å². The number of thiazole rings is 1. The van der Waals surface area contributed by atoms with Crippen molar-refractivity contribution < 1.29 is 13.2 Å². The predicted molar refractivity (Wildman–Crippen MR) is 58.6 cm³/mol. The van der Waals surface area contributed by atoms with E-state index >= 15 is 0 Å². The highest BCUT2D eigenvalue weighted by Crippen LogP contribution is 2.20. The Kier molecular flexibility index (Phi) is 2.96. The van der Waals surface area contributed by atoms with E-state index in [1.165, 1.54) is 0 Å². The summed E-state index contributed by atoms with van der Waals surface area (Å²) in [7, 11) is -3.59. The Morgan fingerprint density at radius 2 is 2.31 bits per heavy atom. The first-order chi connectivity index (χ1) is 7.50. The number of hydrogen-bond acceptors (Lipinski definition) is 5. The smallest absolute Gasteiger partial charge is 0.270 e. The van der Waals surface area contributed by atoms with Crippen LogP contribution in [0, 0.1) is 6.92 Å².